The van der Waals surface area contributed by atoms with Crippen LogP contribution in [0.2, 0.25) is 0 Å². The van der Waals surface area contributed by atoms with Gasteiger partial charge >= 0.3 is 0 Å². The second-order valence-corrected chi connectivity index (χ2v) is 6.40. The van der Waals surface area contributed by atoms with Gasteiger partial charge in [-0.05, 0) is 24.6 Å². The smallest absolute Gasteiger partial charge is 0.290 e. The molecule has 2 aromatic heterocycles. The number of benzene rings is 1. The molecule has 0 spiro atoms. The van der Waals surface area contributed by atoms with Gasteiger partial charge in [0.15, 0.2) is 5.65 Å². The number of fused-ring (bicyclic) bond motifs is 1. The van der Waals surface area contributed by atoms with Crippen LogP contribution in [0.15, 0.2) is 34.1 Å². The van der Waals surface area contributed by atoms with Crippen molar-refractivity contribution in [2.75, 3.05) is 11.9 Å². The molecule has 30 heavy (non-hydrogen) atoms. The van der Waals surface area contributed by atoms with Gasteiger partial charge in [-0.25, -0.2) is 9.37 Å². The number of anilines is 2. The fourth-order valence-electron chi connectivity index (χ4n) is 2.80. The normalized spacial score (nSPS) is 11.7. The van der Waals surface area contributed by atoms with Crippen LogP contribution in [0.5, 0.6) is 0 Å². The molecule has 0 aliphatic carbocycles. The molecule has 0 aliphatic rings. The van der Waals surface area contributed by atoms with Gasteiger partial charge in [0, 0.05) is 7.05 Å². The molecule has 3 aromatic rings. The van der Waals surface area contributed by atoms with Crippen LogP contribution in [0, 0.1) is 18.6 Å². The minimum atomic E-state index is -1.27. The lowest BCUT2D eigenvalue weighted by atomic mass is 10.2. The second kappa shape index (κ2) is 9.59. The first kappa shape index (κ1) is 23.2. The topological polar surface area (TPSA) is 109 Å². The van der Waals surface area contributed by atoms with Gasteiger partial charge in [0.2, 0.25) is 5.82 Å². The zero-order valence-electron chi connectivity index (χ0n) is 17.1. The predicted octanol–water partition coefficient (Wildman–Crippen LogP) is 1.80. The zero-order chi connectivity index (χ0) is 22.6. The summed E-state index contributed by atoms with van der Waals surface area (Å²) in [6, 6.07) is 4.16. The van der Waals surface area contributed by atoms with E-state index in [-0.39, 0.29) is 23.3 Å². The lowest BCUT2D eigenvalue weighted by Crippen LogP contribution is -2.32. The zero-order valence-corrected chi connectivity index (χ0v) is 17.1. The maximum Gasteiger partial charge on any atom is 0.290 e. The van der Waals surface area contributed by atoms with E-state index in [9.17, 15) is 23.5 Å². The van der Waals surface area contributed by atoms with Crippen molar-refractivity contribution >= 4 is 22.4 Å². The Bertz CT molecular complexity index is 1170. The van der Waals surface area contributed by atoms with Crippen LogP contribution in [0.25, 0.3) is 11.0 Å². The van der Waals surface area contributed by atoms with E-state index in [1.165, 1.54) is 19.2 Å². The van der Waals surface area contributed by atoms with Crippen molar-refractivity contribution < 1.29 is 19.0 Å². The first-order valence-corrected chi connectivity index (χ1v) is 9.34. The third kappa shape index (κ3) is 4.39. The molecule has 162 valence electrons. The van der Waals surface area contributed by atoms with E-state index in [1.54, 1.807) is 13.0 Å². The van der Waals surface area contributed by atoms with Crippen LogP contribution in [0.3, 0.4) is 0 Å². The molecule has 0 amide bonds. The van der Waals surface area contributed by atoms with Crippen molar-refractivity contribution in [1.82, 2.24) is 14.1 Å². The van der Waals surface area contributed by atoms with E-state index in [2.05, 4.69) is 10.3 Å². The number of aliphatic hydroxyl groups excluding tert-OH is 2. The van der Waals surface area contributed by atoms with Crippen LogP contribution < -0.4 is 16.4 Å². The molecule has 3 rings (SSSR count). The highest BCUT2D eigenvalue weighted by Gasteiger charge is 2.21. The molecule has 8 nitrogen and oxygen atoms in total. The largest absolute Gasteiger partial charge is 0.394 e. The Hall–Kier alpha value is -3.11. The summed E-state index contributed by atoms with van der Waals surface area (Å²) in [5.74, 6) is -1.96. The molecule has 3 N–H and O–H groups in total. The number of hydrogen-bond donors (Lipinski definition) is 3. The van der Waals surface area contributed by atoms with Gasteiger partial charge in [0.05, 0.1) is 30.6 Å². The van der Waals surface area contributed by atoms with E-state index >= 15 is 0 Å². The number of aliphatic hydroxyl groups is 2. The molecule has 10 heteroatoms. The first-order valence-electron chi connectivity index (χ1n) is 9.34. The Morgan fingerprint density at radius 3 is 2.47 bits per heavy atom. The van der Waals surface area contributed by atoms with Gasteiger partial charge < -0.3 is 15.5 Å². The molecule has 0 saturated heterocycles. The van der Waals surface area contributed by atoms with Crippen LogP contribution in [-0.2, 0) is 13.6 Å². The molecule has 1 atom stereocenters. The van der Waals surface area contributed by atoms with Crippen LogP contribution in [0.4, 0.5) is 20.2 Å². The average molecular weight is 422 g/mol. The lowest BCUT2D eigenvalue weighted by molar-refractivity contribution is 0.0802. The van der Waals surface area contributed by atoms with E-state index in [4.69, 9.17) is 5.11 Å². The van der Waals surface area contributed by atoms with Crippen molar-refractivity contribution in [3.05, 3.63) is 62.4 Å². The number of aryl methyl sites for hydroxylation is 2. The maximum atomic E-state index is 14.7. The molecule has 0 aliphatic heterocycles. The average Bonchev–Trinajstić information content (AvgIpc) is 2.74. The summed E-state index contributed by atoms with van der Waals surface area (Å²) >= 11 is 0. The number of aromatic nitrogens is 3. The molecule has 1 aromatic carbocycles. The van der Waals surface area contributed by atoms with Gasteiger partial charge in [-0.1, -0.05) is 19.9 Å². The van der Waals surface area contributed by atoms with Crippen molar-refractivity contribution in [2.45, 2.75) is 33.4 Å². The second-order valence-electron chi connectivity index (χ2n) is 6.40. The standard InChI is InChI=1S/C18H18F2N4O4.C2H6/c1-9-3-4-12(11(19)5-9)22-15-13-16(23(2)18(28)14(15)20)21-8-24(17(13)27)6-10(26)7-25;1-2/h3-5,8,10,22,25-26H,6-7H2,1-2H3;1-2H3/t10-;/m1./s1. The number of rotatable bonds is 5. The highest BCUT2D eigenvalue weighted by Crippen LogP contribution is 2.26. The number of nitrogens with zero attached hydrogens (tertiary/aromatic N) is 3. The lowest BCUT2D eigenvalue weighted by Gasteiger charge is -2.15. The van der Waals surface area contributed by atoms with Crippen molar-refractivity contribution in [1.29, 1.82) is 0 Å². The van der Waals surface area contributed by atoms with E-state index in [1.807, 2.05) is 13.8 Å². The highest BCUT2D eigenvalue weighted by molar-refractivity contribution is 5.90. The van der Waals surface area contributed by atoms with Crippen LogP contribution in [0.1, 0.15) is 19.4 Å². The van der Waals surface area contributed by atoms with Crippen molar-refractivity contribution in [2.24, 2.45) is 7.05 Å². The van der Waals surface area contributed by atoms with Gasteiger partial charge in [0.25, 0.3) is 11.1 Å². The summed E-state index contributed by atoms with van der Waals surface area (Å²) in [6.07, 6.45) is -0.155. The number of pyridine rings is 1. The molecule has 0 radical (unpaired) electrons. The Morgan fingerprint density at radius 2 is 1.87 bits per heavy atom. The number of hydrogen-bond acceptors (Lipinski definition) is 6. The highest BCUT2D eigenvalue weighted by atomic mass is 19.1. The molecular weight excluding hydrogens is 398 g/mol. The number of halogens is 2. The molecule has 0 bridgehead atoms. The van der Waals surface area contributed by atoms with Crippen LogP contribution in [-0.4, -0.2) is 37.0 Å². The van der Waals surface area contributed by atoms with Crippen LogP contribution >= 0.6 is 0 Å². The summed E-state index contributed by atoms with van der Waals surface area (Å²) in [5.41, 5.74) is -1.90. The maximum absolute atomic E-state index is 14.7. The minimum absolute atomic E-state index is 0.110. The van der Waals surface area contributed by atoms with E-state index in [0.29, 0.717) is 5.56 Å². The fraction of sp³-hybridized carbons (Fsp3) is 0.350. The Morgan fingerprint density at radius 1 is 1.20 bits per heavy atom. The number of nitrogens with one attached hydrogen (secondary N) is 1. The van der Waals surface area contributed by atoms with E-state index < -0.39 is 41.2 Å². The summed E-state index contributed by atoms with van der Waals surface area (Å²) in [7, 11) is 1.25. The molecule has 0 unspecified atom stereocenters. The third-order valence-electron chi connectivity index (χ3n) is 4.30. The Labute approximate surface area is 171 Å². The molecule has 0 saturated carbocycles. The summed E-state index contributed by atoms with van der Waals surface area (Å²) < 4.78 is 30.8. The first-order chi connectivity index (χ1) is 14.2. The Kier molecular flexibility index (Phi) is 7.41. The minimum Gasteiger partial charge on any atom is -0.394 e. The fourth-order valence-corrected chi connectivity index (χ4v) is 2.80. The third-order valence-corrected chi connectivity index (χ3v) is 4.30. The van der Waals surface area contributed by atoms with Gasteiger partial charge in [-0.3, -0.25) is 18.7 Å². The quantitative estimate of drug-likeness (QED) is 0.579. The SMILES string of the molecule is CC.Cc1ccc(Nc2c(F)c(=O)n(C)c3ncn(C[C@@H](O)CO)c(=O)c23)c(F)c1. The van der Waals surface area contributed by atoms with Crippen molar-refractivity contribution in [3.63, 3.8) is 0 Å². The van der Waals surface area contributed by atoms with Gasteiger partial charge in [-0.15, -0.1) is 0 Å². The van der Waals surface area contributed by atoms with Gasteiger partial charge in [-0.2, -0.15) is 4.39 Å². The summed E-state index contributed by atoms with van der Waals surface area (Å²) in [4.78, 5) is 29.0. The molecule has 2 heterocycles. The molecule has 0 fully saturated rings. The van der Waals surface area contributed by atoms with Gasteiger partial charge in [0.1, 0.15) is 17.5 Å². The van der Waals surface area contributed by atoms with Crippen molar-refractivity contribution in [3.8, 4) is 0 Å². The monoisotopic (exact) mass is 422 g/mol. The predicted molar refractivity (Wildman–Crippen MR) is 110 cm³/mol. The Balaban J connectivity index is 0.00000155. The van der Waals surface area contributed by atoms with E-state index in [0.717, 1.165) is 15.5 Å². The molecular formula is C20H24F2N4O4. The summed E-state index contributed by atoms with van der Waals surface area (Å²) in [6.45, 7) is 4.79. The summed E-state index contributed by atoms with van der Waals surface area (Å²) in [5, 5.41) is 20.8.